The van der Waals surface area contributed by atoms with Crippen LogP contribution >= 0.6 is 0 Å². The van der Waals surface area contributed by atoms with Gasteiger partial charge in [0, 0.05) is 11.7 Å². The number of anilines is 1. The lowest BCUT2D eigenvalue weighted by Crippen LogP contribution is -2.23. The zero-order chi connectivity index (χ0) is 12.9. The third-order valence-corrected chi connectivity index (χ3v) is 4.22. The average Bonchev–Trinajstić information content (AvgIpc) is 2.77. The highest BCUT2D eigenvalue weighted by Crippen LogP contribution is 2.47. The van der Waals surface area contributed by atoms with E-state index in [9.17, 15) is 0 Å². The van der Waals surface area contributed by atoms with Crippen molar-refractivity contribution in [3.63, 3.8) is 0 Å². The lowest BCUT2D eigenvalue weighted by molar-refractivity contribution is 0.267. The molecule has 0 bridgehead atoms. The van der Waals surface area contributed by atoms with Gasteiger partial charge in [0.1, 0.15) is 5.52 Å². The summed E-state index contributed by atoms with van der Waals surface area (Å²) < 4.78 is 2.15. The zero-order valence-electron chi connectivity index (χ0n) is 11.3. The second kappa shape index (κ2) is 3.70. The molecule has 4 heteroatoms. The van der Waals surface area contributed by atoms with E-state index in [2.05, 4.69) is 28.4 Å². The van der Waals surface area contributed by atoms with Gasteiger partial charge in [-0.15, -0.1) is 0 Å². The largest absolute Gasteiger partial charge is 0.369 e. The molecule has 2 aromatic rings. The molecule has 1 fully saturated rings. The minimum absolute atomic E-state index is 0.271. The van der Waals surface area contributed by atoms with Gasteiger partial charge in [-0.3, -0.25) is 4.57 Å². The van der Waals surface area contributed by atoms with Gasteiger partial charge >= 0.3 is 0 Å². The van der Waals surface area contributed by atoms with Crippen molar-refractivity contribution in [3.8, 4) is 0 Å². The lowest BCUT2D eigenvalue weighted by atomic mass is 9.87. The highest BCUT2D eigenvalue weighted by atomic mass is 15.2. The number of hydrogen-bond acceptors (Lipinski definition) is 3. The van der Waals surface area contributed by atoms with Gasteiger partial charge in [-0.25, -0.2) is 9.97 Å². The fourth-order valence-electron chi connectivity index (χ4n) is 3.18. The molecule has 1 saturated carbocycles. The highest BCUT2D eigenvalue weighted by molar-refractivity contribution is 5.74. The Kier molecular flexibility index (Phi) is 2.37. The summed E-state index contributed by atoms with van der Waals surface area (Å²) in [5.74, 6) is 0.600. The van der Waals surface area contributed by atoms with Crippen LogP contribution in [0.15, 0.2) is 12.1 Å². The molecule has 0 aromatic carbocycles. The molecule has 18 heavy (non-hydrogen) atoms. The SMILES string of the molecule is Cc1ccc2nc(N)n(C3CCCC3(C)C)c2n1. The van der Waals surface area contributed by atoms with Gasteiger partial charge in [-0.05, 0) is 37.3 Å². The monoisotopic (exact) mass is 244 g/mol. The Balaban J connectivity index is 2.22. The Morgan fingerprint density at radius 2 is 2.11 bits per heavy atom. The predicted molar refractivity (Wildman–Crippen MR) is 73.3 cm³/mol. The third kappa shape index (κ3) is 1.59. The van der Waals surface area contributed by atoms with Crippen LogP contribution in [-0.2, 0) is 0 Å². The number of rotatable bonds is 1. The predicted octanol–water partition coefficient (Wildman–Crippen LogP) is 3.07. The number of nitrogen functional groups attached to an aromatic ring is 1. The van der Waals surface area contributed by atoms with Crippen LogP contribution in [0, 0.1) is 12.3 Å². The first kappa shape index (κ1) is 11.5. The van der Waals surface area contributed by atoms with Crippen molar-refractivity contribution in [3.05, 3.63) is 17.8 Å². The van der Waals surface area contributed by atoms with Crippen molar-refractivity contribution in [1.29, 1.82) is 0 Å². The van der Waals surface area contributed by atoms with Crippen molar-refractivity contribution in [2.24, 2.45) is 5.41 Å². The van der Waals surface area contributed by atoms with E-state index in [1.807, 2.05) is 19.1 Å². The maximum absolute atomic E-state index is 6.12. The summed E-state index contributed by atoms with van der Waals surface area (Å²) in [4.78, 5) is 9.07. The Morgan fingerprint density at radius 1 is 1.33 bits per heavy atom. The Hall–Kier alpha value is -1.58. The van der Waals surface area contributed by atoms with Gasteiger partial charge in [0.15, 0.2) is 5.65 Å². The summed E-state index contributed by atoms with van der Waals surface area (Å²) in [7, 11) is 0. The van der Waals surface area contributed by atoms with Crippen LogP contribution in [0.5, 0.6) is 0 Å². The Bertz CT molecular complexity index is 597. The van der Waals surface area contributed by atoms with Gasteiger partial charge in [0.2, 0.25) is 5.95 Å². The first-order chi connectivity index (χ1) is 8.49. The van der Waals surface area contributed by atoms with Crippen LogP contribution in [0.2, 0.25) is 0 Å². The Labute approximate surface area is 107 Å². The zero-order valence-corrected chi connectivity index (χ0v) is 11.3. The molecule has 1 atom stereocenters. The van der Waals surface area contributed by atoms with Crippen LogP contribution in [-0.4, -0.2) is 14.5 Å². The molecule has 1 aliphatic carbocycles. The van der Waals surface area contributed by atoms with Crippen molar-refractivity contribution in [2.75, 3.05) is 5.73 Å². The number of aryl methyl sites for hydroxylation is 1. The minimum Gasteiger partial charge on any atom is -0.369 e. The fraction of sp³-hybridized carbons (Fsp3) is 0.571. The molecule has 3 rings (SSSR count). The number of imidazole rings is 1. The molecule has 0 spiro atoms. The van der Waals surface area contributed by atoms with E-state index in [1.54, 1.807) is 0 Å². The first-order valence-corrected chi connectivity index (χ1v) is 6.60. The van der Waals surface area contributed by atoms with Crippen molar-refractivity contribution >= 4 is 17.1 Å². The van der Waals surface area contributed by atoms with Crippen LogP contribution in [0.3, 0.4) is 0 Å². The molecule has 1 aliphatic rings. The number of aromatic nitrogens is 3. The summed E-state index contributed by atoms with van der Waals surface area (Å²) in [5.41, 5.74) is 9.24. The van der Waals surface area contributed by atoms with Gasteiger partial charge in [-0.2, -0.15) is 0 Å². The first-order valence-electron chi connectivity index (χ1n) is 6.60. The van der Waals surface area contributed by atoms with Gasteiger partial charge in [-0.1, -0.05) is 20.3 Å². The number of pyridine rings is 1. The van der Waals surface area contributed by atoms with E-state index >= 15 is 0 Å². The van der Waals surface area contributed by atoms with Crippen LogP contribution in [0.25, 0.3) is 11.2 Å². The number of nitrogens with two attached hydrogens (primary N) is 1. The molecule has 2 aromatic heterocycles. The second-order valence-corrected chi connectivity index (χ2v) is 6.03. The summed E-state index contributed by atoms with van der Waals surface area (Å²) in [6.07, 6.45) is 3.66. The smallest absolute Gasteiger partial charge is 0.202 e. The molecule has 4 nitrogen and oxygen atoms in total. The number of hydrogen-bond donors (Lipinski definition) is 1. The molecule has 96 valence electrons. The van der Waals surface area contributed by atoms with Crippen molar-refractivity contribution in [2.45, 2.75) is 46.1 Å². The summed E-state index contributed by atoms with van der Waals surface area (Å²) >= 11 is 0. The summed E-state index contributed by atoms with van der Waals surface area (Å²) in [6, 6.07) is 4.41. The molecular weight excluding hydrogens is 224 g/mol. The van der Waals surface area contributed by atoms with Crippen LogP contribution in [0.4, 0.5) is 5.95 Å². The van der Waals surface area contributed by atoms with E-state index in [1.165, 1.54) is 12.8 Å². The molecule has 0 amide bonds. The molecule has 2 heterocycles. The van der Waals surface area contributed by atoms with E-state index in [4.69, 9.17) is 5.73 Å². The molecule has 0 saturated heterocycles. The second-order valence-electron chi connectivity index (χ2n) is 6.03. The topological polar surface area (TPSA) is 56.7 Å². The maximum atomic E-state index is 6.12. The van der Waals surface area contributed by atoms with E-state index in [0.29, 0.717) is 12.0 Å². The van der Waals surface area contributed by atoms with Gasteiger partial charge < -0.3 is 5.73 Å². The Morgan fingerprint density at radius 3 is 2.78 bits per heavy atom. The molecule has 0 radical (unpaired) electrons. The van der Waals surface area contributed by atoms with Crippen LogP contribution in [0.1, 0.15) is 44.8 Å². The highest BCUT2D eigenvalue weighted by Gasteiger charge is 2.37. The minimum atomic E-state index is 0.271. The maximum Gasteiger partial charge on any atom is 0.202 e. The molecule has 1 unspecified atom stereocenters. The standard InChI is InChI=1S/C14H20N4/c1-9-6-7-10-12(16-9)18(13(15)17-10)11-5-4-8-14(11,2)3/h6-7,11H,4-5,8H2,1-3H3,(H2,15,17). The quantitative estimate of drug-likeness (QED) is 0.838. The van der Waals surface area contributed by atoms with Crippen LogP contribution < -0.4 is 5.73 Å². The van der Waals surface area contributed by atoms with Crippen molar-refractivity contribution in [1.82, 2.24) is 14.5 Å². The van der Waals surface area contributed by atoms with Gasteiger partial charge in [0.05, 0.1) is 0 Å². The third-order valence-electron chi connectivity index (χ3n) is 4.22. The molecular formula is C14H20N4. The number of nitrogens with zero attached hydrogens (tertiary/aromatic N) is 3. The van der Waals surface area contributed by atoms with Gasteiger partial charge in [0.25, 0.3) is 0 Å². The average molecular weight is 244 g/mol. The molecule has 2 N–H and O–H groups in total. The summed E-state index contributed by atoms with van der Waals surface area (Å²) in [6.45, 7) is 6.63. The normalized spacial score (nSPS) is 22.7. The van der Waals surface area contributed by atoms with Crippen molar-refractivity contribution < 1.29 is 0 Å². The molecule has 0 aliphatic heterocycles. The van der Waals surface area contributed by atoms with E-state index < -0.39 is 0 Å². The number of fused-ring (bicyclic) bond motifs is 1. The fourth-order valence-corrected chi connectivity index (χ4v) is 3.18. The lowest BCUT2D eigenvalue weighted by Gasteiger charge is -2.29. The van der Waals surface area contributed by atoms with E-state index in [0.717, 1.165) is 23.3 Å². The van der Waals surface area contributed by atoms with E-state index in [-0.39, 0.29) is 5.41 Å². The summed E-state index contributed by atoms with van der Waals surface area (Å²) in [5, 5.41) is 0.